The van der Waals surface area contributed by atoms with Crippen molar-refractivity contribution in [2.45, 2.75) is 12.8 Å². The zero-order chi connectivity index (χ0) is 13.8. The third kappa shape index (κ3) is 2.45. The van der Waals surface area contributed by atoms with Crippen LogP contribution in [-0.4, -0.2) is 0 Å². The molecule has 2 heteroatoms. The topological polar surface area (TPSA) is 38.0 Å². The van der Waals surface area contributed by atoms with Gasteiger partial charge in [-0.05, 0) is 53.0 Å². The second-order valence-electron chi connectivity index (χ2n) is 4.92. The Balaban J connectivity index is 0.000000147. The second-order valence-corrected chi connectivity index (χ2v) is 4.92. The lowest BCUT2D eigenvalue weighted by Gasteiger charge is -2.03. The fourth-order valence-electron chi connectivity index (χ4n) is 2.69. The largest absolute Gasteiger partial charge is 0.398 e. The van der Waals surface area contributed by atoms with Crippen molar-refractivity contribution in [1.82, 2.24) is 5.32 Å². The third-order valence-corrected chi connectivity index (χ3v) is 3.64. The number of anilines is 1. The summed E-state index contributed by atoms with van der Waals surface area (Å²) in [6.45, 7) is 0. The van der Waals surface area contributed by atoms with Crippen LogP contribution in [0.25, 0.3) is 10.8 Å². The van der Waals surface area contributed by atoms with Crippen molar-refractivity contribution in [1.29, 1.82) is 0 Å². The van der Waals surface area contributed by atoms with Crippen LogP contribution in [-0.2, 0) is 12.8 Å². The summed E-state index contributed by atoms with van der Waals surface area (Å²) in [5.74, 6) is 0. The number of hydrogen-bond acceptors (Lipinski definition) is 2. The van der Waals surface area contributed by atoms with Gasteiger partial charge in [0, 0.05) is 18.1 Å². The highest BCUT2D eigenvalue weighted by molar-refractivity contribution is 5.94. The minimum atomic E-state index is 0.956. The van der Waals surface area contributed by atoms with Crippen LogP contribution in [0, 0.1) is 0 Å². The number of allylic oxidation sites excluding steroid dienone is 4. The molecular weight excluding hydrogens is 244 g/mol. The Labute approximate surface area is 119 Å². The van der Waals surface area contributed by atoms with Gasteiger partial charge in [0.25, 0.3) is 0 Å². The molecule has 0 saturated heterocycles. The molecule has 20 heavy (non-hydrogen) atoms. The second kappa shape index (κ2) is 5.66. The molecular formula is C18H18N2. The molecule has 0 atom stereocenters. The van der Waals surface area contributed by atoms with Gasteiger partial charge in [0.05, 0.1) is 0 Å². The van der Waals surface area contributed by atoms with Gasteiger partial charge < -0.3 is 11.1 Å². The molecule has 3 N–H and O–H groups in total. The van der Waals surface area contributed by atoms with E-state index < -0.39 is 0 Å². The molecule has 0 radical (unpaired) electrons. The lowest BCUT2D eigenvalue weighted by molar-refractivity contribution is 1.03. The van der Waals surface area contributed by atoms with E-state index in [0.29, 0.717) is 0 Å². The number of hydrogen-bond donors (Lipinski definition) is 2. The van der Waals surface area contributed by atoms with Gasteiger partial charge in [-0.3, -0.25) is 0 Å². The van der Waals surface area contributed by atoms with Gasteiger partial charge in [-0.1, -0.05) is 36.4 Å². The molecule has 0 aromatic heterocycles. The monoisotopic (exact) mass is 262 g/mol. The summed E-state index contributed by atoms with van der Waals surface area (Å²) in [7, 11) is 0. The summed E-state index contributed by atoms with van der Waals surface area (Å²) in [4.78, 5) is 0. The Kier molecular flexibility index (Phi) is 3.55. The van der Waals surface area contributed by atoms with E-state index in [9.17, 15) is 0 Å². The molecule has 0 spiro atoms. The smallest absolute Gasteiger partial charge is 0.0353 e. The van der Waals surface area contributed by atoms with Crippen molar-refractivity contribution < 1.29 is 0 Å². The van der Waals surface area contributed by atoms with Gasteiger partial charge in [0.1, 0.15) is 0 Å². The van der Waals surface area contributed by atoms with Crippen LogP contribution >= 0.6 is 0 Å². The zero-order valence-electron chi connectivity index (χ0n) is 11.3. The van der Waals surface area contributed by atoms with E-state index in [1.807, 2.05) is 42.8 Å². The van der Waals surface area contributed by atoms with Crippen LogP contribution in [0.4, 0.5) is 5.69 Å². The van der Waals surface area contributed by atoms with Gasteiger partial charge in [0.2, 0.25) is 0 Å². The van der Waals surface area contributed by atoms with Crippen molar-refractivity contribution in [3.05, 3.63) is 78.2 Å². The molecule has 0 fully saturated rings. The normalized spacial score (nSPS) is 14.6. The summed E-state index contributed by atoms with van der Waals surface area (Å²) in [6, 6.07) is 10.6. The van der Waals surface area contributed by atoms with Crippen molar-refractivity contribution in [2.24, 2.45) is 0 Å². The van der Waals surface area contributed by atoms with E-state index in [1.54, 1.807) is 0 Å². The standard InChI is InChI=1S/C12H11N.C6H7N/c13-11-7-5-9-3-1-2-8-4-6-10(11)12(8)9;1-2-4-6-7-5-3-1/h1-3,5,7H,4,6,13H2;1-7H. The lowest BCUT2D eigenvalue weighted by Crippen LogP contribution is -1.90. The van der Waals surface area contributed by atoms with Gasteiger partial charge in [0.15, 0.2) is 0 Å². The number of aryl methyl sites for hydroxylation is 2. The fourth-order valence-corrected chi connectivity index (χ4v) is 2.69. The summed E-state index contributed by atoms with van der Waals surface area (Å²) in [5, 5.41) is 5.66. The quantitative estimate of drug-likeness (QED) is 0.711. The molecule has 1 aliphatic carbocycles. The maximum absolute atomic E-state index is 5.93. The van der Waals surface area contributed by atoms with Crippen LogP contribution in [0.1, 0.15) is 11.1 Å². The highest BCUT2D eigenvalue weighted by atomic mass is 14.8. The van der Waals surface area contributed by atoms with E-state index in [0.717, 1.165) is 18.5 Å². The van der Waals surface area contributed by atoms with Gasteiger partial charge in [-0.25, -0.2) is 0 Å². The Morgan fingerprint density at radius 3 is 2.45 bits per heavy atom. The van der Waals surface area contributed by atoms with E-state index in [1.165, 1.54) is 21.9 Å². The van der Waals surface area contributed by atoms with Gasteiger partial charge >= 0.3 is 0 Å². The molecule has 2 aliphatic rings. The number of benzene rings is 2. The van der Waals surface area contributed by atoms with Gasteiger partial charge in [-0.2, -0.15) is 0 Å². The number of nitrogen functional groups attached to an aromatic ring is 1. The molecule has 0 unspecified atom stereocenters. The molecule has 2 nitrogen and oxygen atoms in total. The Morgan fingerprint density at radius 1 is 0.850 bits per heavy atom. The van der Waals surface area contributed by atoms with E-state index >= 15 is 0 Å². The third-order valence-electron chi connectivity index (χ3n) is 3.64. The fraction of sp³-hybridized carbons (Fsp3) is 0.111. The van der Waals surface area contributed by atoms with Crippen LogP contribution in [0.3, 0.4) is 0 Å². The number of nitrogens with one attached hydrogen (secondary N) is 1. The molecule has 1 heterocycles. The minimum absolute atomic E-state index is 0.956. The first-order valence-electron chi connectivity index (χ1n) is 6.89. The highest BCUT2D eigenvalue weighted by Crippen LogP contribution is 2.33. The van der Waals surface area contributed by atoms with Crippen molar-refractivity contribution in [3.8, 4) is 0 Å². The molecule has 0 amide bonds. The average molecular weight is 262 g/mol. The number of rotatable bonds is 0. The van der Waals surface area contributed by atoms with Crippen molar-refractivity contribution in [3.63, 3.8) is 0 Å². The molecule has 0 saturated carbocycles. The Bertz CT molecular complexity index is 695. The van der Waals surface area contributed by atoms with Crippen molar-refractivity contribution in [2.75, 3.05) is 5.73 Å². The Hall–Kier alpha value is -2.48. The SMILES string of the molecule is C1=CC=CNC=C1.Nc1ccc2cccc3c2c1CC3. The average Bonchev–Trinajstić information content (AvgIpc) is 2.72. The zero-order valence-corrected chi connectivity index (χ0v) is 11.3. The first-order valence-corrected chi connectivity index (χ1v) is 6.89. The summed E-state index contributed by atoms with van der Waals surface area (Å²) in [6.07, 6.45) is 13.8. The maximum atomic E-state index is 5.93. The van der Waals surface area contributed by atoms with E-state index in [4.69, 9.17) is 5.73 Å². The minimum Gasteiger partial charge on any atom is -0.398 e. The lowest BCUT2D eigenvalue weighted by atomic mass is 10.0. The number of nitrogens with two attached hydrogens (primary N) is 1. The van der Waals surface area contributed by atoms with E-state index in [-0.39, 0.29) is 0 Å². The molecule has 2 aromatic carbocycles. The van der Waals surface area contributed by atoms with Crippen LogP contribution in [0.2, 0.25) is 0 Å². The molecule has 2 aromatic rings. The first kappa shape index (κ1) is 12.5. The molecule has 0 bridgehead atoms. The summed E-state index contributed by atoms with van der Waals surface area (Å²) in [5.41, 5.74) is 9.70. The molecule has 4 rings (SSSR count). The Morgan fingerprint density at radius 2 is 1.65 bits per heavy atom. The van der Waals surface area contributed by atoms with Crippen LogP contribution in [0.5, 0.6) is 0 Å². The predicted octanol–water partition coefficient (Wildman–Crippen LogP) is 3.69. The maximum Gasteiger partial charge on any atom is 0.0353 e. The summed E-state index contributed by atoms with van der Waals surface area (Å²) >= 11 is 0. The first-order chi connectivity index (χ1) is 9.86. The highest BCUT2D eigenvalue weighted by Gasteiger charge is 2.15. The molecule has 100 valence electrons. The van der Waals surface area contributed by atoms with Crippen molar-refractivity contribution >= 4 is 16.5 Å². The predicted molar refractivity (Wildman–Crippen MR) is 86.3 cm³/mol. The summed E-state index contributed by atoms with van der Waals surface area (Å²) < 4.78 is 0. The van der Waals surface area contributed by atoms with E-state index in [2.05, 4.69) is 29.6 Å². The van der Waals surface area contributed by atoms with Crippen LogP contribution in [0.15, 0.2) is 67.0 Å². The van der Waals surface area contributed by atoms with Gasteiger partial charge in [-0.15, -0.1) is 0 Å². The molecule has 1 aliphatic heterocycles. The van der Waals surface area contributed by atoms with Crippen LogP contribution < -0.4 is 11.1 Å².